The number of carbonyl (C=O) groups excluding carboxylic acids is 1. The summed E-state index contributed by atoms with van der Waals surface area (Å²) in [4.78, 5) is 9.58. The van der Waals surface area contributed by atoms with Gasteiger partial charge in [-0.05, 0) is 0 Å². The number of hydrogen-bond donors (Lipinski definition) is 0. The van der Waals surface area contributed by atoms with E-state index in [0.717, 1.165) is 0 Å². The van der Waals surface area contributed by atoms with E-state index < -0.39 is 30.7 Å². The number of rotatable bonds is 3. The van der Waals surface area contributed by atoms with Crippen LogP contribution in [0, 0.1) is 0 Å². The van der Waals surface area contributed by atoms with Gasteiger partial charge < -0.3 is 0 Å². The van der Waals surface area contributed by atoms with Gasteiger partial charge in [0, 0.05) is 6.42 Å². The molecule has 0 spiro atoms. The van der Waals surface area contributed by atoms with Crippen LogP contribution in [0.4, 0.5) is 13.2 Å². The van der Waals surface area contributed by atoms with Crippen LogP contribution in [0.25, 0.3) is 0 Å². The fourth-order valence-corrected chi connectivity index (χ4v) is 0.306. The van der Waals surface area contributed by atoms with E-state index in [-0.39, 0.29) is 0 Å². The Morgan fingerprint density at radius 2 is 1.60 bits per heavy atom. The largest absolute Gasteiger partial charge is 0.356 e. The SMILES string of the molecule is [O]C(=O)CCC(F)=C(F)F. The van der Waals surface area contributed by atoms with Gasteiger partial charge in [0.25, 0.3) is 0 Å². The molecule has 0 aromatic heterocycles. The Balaban J connectivity index is 3.71. The highest BCUT2D eigenvalue weighted by atomic mass is 19.3. The molecule has 0 saturated carbocycles. The average molecular weight is 153 g/mol. The van der Waals surface area contributed by atoms with Crippen LogP contribution >= 0.6 is 0 Å². The van der Waals surface area contributed by atoms with Crippen LogP contribution in [0.3, 0.4) is 0 Å². The molecule has 0 bridgehead atoms. The second-order valence-corrected chi connectivity index (χ2v) is 1.54. The van der Waals surface area contributed by atoms with Crippen molar-refractivity contribution in [2.75, 3.05) is 0 Å². The minimum absolute atomic E-state index is 0.719. The van der Waals surface area contributed by atoms with Crippen molar-refractivity contribution >= 4 is 5.97 Å². The Morgan fingerprint density at radius 3 is 1.90 bits per heavy atom. The van der Waals surface area contributed by atoms with Crippen LogP contribution in [-0.4, -0.2) is 5.97 Å². The lowest BCUT2D eigenvalue weighted by atomic mass is 10.3. The first-order valence-electron chi connectivity index (χ1n) is 2.43. The van der Waals surface area contributed by atoms with Crippen LogP contribution in [0.15, 0.2) is 11.9 Å². The third-order valence-corrected chi connectivity index (χ3v) is 0.754. The minimum Gasteiger partial charge on any atom is -0.247 e. The summed E-state index contributed by atoms with van der Waals surface area (Å²) in [6, 6.07) is 0. The van der Waals surface area contributed by atoms with Gasteiger partial charge in [-0.15, -0.1) is 0 Å². The van der Waals surface area contributed by atoms with Gasteiger partial charge in [0.05, 0.1) is 6.42 Å². The summed E-state index contributed by atoms with van der Waals surface area (Å²) in [7, 11) is 0. The molecule has 0 N–H and O–H groups in total. The van der Waals surface area contributed by atoms with Crippen LogP contribution in [0.1, 0.15) is 12.8 Å². The second-order valence-electron chi connectivity index (χ2n) is 1.54. The zero-order chi connectivity index (χ0) is 8.15. The first kappa shape index (κ1) is 9.00. The zero-order valence-corrected chi connectivity index (χ0v) is 4.86. The second kappa shape index (κ2) is 3.92. The molecule has 57 valence electrons. The standard InChI is InChI=1S/C5H4F3O2/c6-3(5(7)8)1-2-4(9)10/h1-2H2. The lowest BCUT2D eigenvalue weighted by molar-refractivity contribution is -0.143. The highest BCUT2D eigenvalue weighted by Gasteiger charge is 2.07. The lowest BCUT2D eigenvalue weighted by Crippen LogP contribution is -1.91. The smallest absolute Gasteiger partial charge is 0.247 e. The van der Waals surface area contributed by atoms with E-state index in [1.807, 2.05) is 0 Å². The molecule has 0 amide bonds. The van der Waals surface area contributed by atoms with Crippen molar-refractivity contribution in [1.29, 1.82) is 0 Å². The molecule has 2 nitrogen and oxygen atoms in total. The van der Waals surface area contributed by atoms with Crippen LogP contribution < -0.4 is 0 Å². The van der Waals surface area contributed by atoms with Gasteiger partial charge in [-0.25, -0.2) is 14.3 Å². The molecular formula is C5H4F3O2. The van der Waals surface area contributed by atoms with Crippen molar-refractivity contribution in [2.24, 2.45) is 0 Å². The van der Waals surface area contributed by atoms with E-state index in [0.29, 0.717) is 0 Å². The molecule has 0 unspecified atom stereocenters. The van der Waals surface area contributed by atoms with E-state index in [1.54, 1.807) is 0 Å². The van der Waals surface area contributed by atoms with Crippen LogP contribution in [0.2, 0.25) is 0 Å². The molecule has 0 saturated heterocycles. The predicted octanol–water partition coefficient (Wildman–Crippen LogP) is 1.80. The molecule has 0 heterocycles. The molecule has 5 heteroatoms. The van der Waals surface area contributed by atoms with E-state index >= 15 is 0 Å². The number of hydrogen-bond acceptors (Lipinski definition) is 1. The highest BCUT2D eigenvalue weighted by Crippen LogP contribution is 2.14. The van der Waals surface area contributed by atoms with Crippen molar-refractivity contribution in [2.45, 2.75) is 12.8 Å². The fraction of sp³-hybridized carbons (Fsp3) is 0.400. The molecule has 1 radical (unpaired) electrons. The molecule has 0 fully saturated rings. The Kier molecular flexibility index (Phi) is 3.53. The fourth-order valence-electron chi connectivity index (χ4n) is 0.306. The third-order valence-electron chi connectivity index (χ3n) is 0.754. The summed E-state index contributed by atoms with van der Waals surface area (Å²) in [5.41, 5.74) is 0. The zero-order valence-electron chi connectivity index (χ0n) is 4.86. The van der Waals surface area contributed by atoms with Crippen molar-refractivity contribution in [3.63, 3.8) is 0 Å². The highest BCUT2D eigenvalue weighted by molar-refractivity contribution is 5.66. The van der Waals surface area contributed by atoms with Gasteiger partial charge in [-0.3, -0.25) is 0 Å². The van der Waals surface area contributed by atoms with Crippen LogP contribution in [-0.2, 0) is 9.90 Å². The minimum atomic E-state index is -2.47. The van der Waals surface area contributed by atoms with Crippen LogP contribution in [0.5, 0.6) is 0 Å². The quantitative estimate of drug-likeness (QED) is 0.609. The van der Waals surface area contributed by atoms with E-state index in [1.165, 1.54) is 0 Å². The van der Waals surface area contributed by atoms with Gasteiger partial charge in [-0.2, -0.15) is 8.78 Å². The van der Waals surface area contributed by atoms with Gasteiger partial charge in [0.1, 0.15) is 0 Å². The monoisotopic (exact) mass is 153 g/mol. The van der Waals surface area contributed by atoms with E-state index in [4.69, 9.17) is 0 Å². The molecule has 0 aromatic rings. The summed E-state index contributed by atoms with van der Waals surface area (Å²) in [6.07, 6.45) is -3.99. The van der Waals surface area contributed by atoms with Crippen molar-refractivity contribution in [3.05, 3.63) is 11.9 Å². The summed E-state index contributed by atoms with van der Waals surface area (Å²) in [6.45, 7) is 0. The Hall–Kier alpha value is -1.00. The molecule has 0 aliphatic heterocycles. The first-order valence-corrected chi connectivity index (χ1v) is 2.43. The molecule has 0 aliphatic carbocycles. The van der Waals surface area contributed by atoms with Gasteiger partial charge in [-0.1, -0.05) is 0 Å². The van der Waals surface area contributed by atoms with Crippen molar-refractivity contribution < 1.29 is 23.1 Å². The van der Waals surface area contributed by atoms with E-state index in [2.05, 4.69) is 0 Å². The molecular weight excluding hydrogens is 149 g/mol. The predicted molar refractivity (Wildman–Crippen MR) is 25.3 cm³/mol. The number of carbonyl (C=O) groups is 1. The number of halogens is 3. The molecule has 0 aromatic carbocycles. The Labute approximate surface area is 55.0 Å². The van der Waals surface area contributed by atoms with Gasteiger partial charge in [0.15, 0.2) is 5.83 Å². The maximum absolute atomic E-state index is 11.7. The maximum atomic E-state index is 11.7. The van der Waals surface area contributed by atoms with E-state index in [9.17, 15) is 23.1 Å². The lowest BCUT2D eigenvalue weighted by Gasteiger charge is -1.88. The normalized spacial score (nSPS) is 9.10. The summed E-state index contributed by atoms with van der Waals surface area (Å²) in [5.74, 6) is -3.24. The van der Waals surface area contributed by atoms with Crippen molar-refractivity contribution in [1.82, 2.24) is 0 Å². The molecule has 0 aliphatic rings. The van der Waals surface area contributed by atoms with Gasteiger partial charge >= 0.3 is 12.0 Å². The topological polar surface area (TPSA) is 37.0 Å². The Bertz CT molecular complexity index is 160. The summed E-state index contributed by atoms with van der Waals surface area (Å²) < 4.78 is 34.1. The number of allylic oxidation sites excluding steroid dienone is 1. The molecule has 0 atom stereocenters. The summed E-state index contributed by atoms with van der Waals surface area (Å²) >= 11 is 0. The maximum Gasteiger partial charge on any atom is 0.356 e. The first-order chi connectivity index (χ1) is 4.54. The Morgan fingerprint density at radius 1 is 1.10 bits per heavy atom. The summed E-state index contributed by atoms with van der Waals surface area (Å²) in [5, 5.41) is 9.58. The average Bonchev–Trinajstić information content (AvgIpc) is 1.82. The van der Waals surface area contributed by atoms with Gasteiger partial charge in [0.2, 0.25) is 0 Å². The van der Waals surface area contributed by atoms with Crippen molar-refractivity contribution in [3.8, 4) is 0 Å². The third kappa shape index (κ3) is 3.94. The molecule has 0 rings (SSSR count). The molecule has 10 heavy (non-hydrogen) atoms.